The van der Waals surface area contributed by atoms with E-state index in [4.69, 9.17) is 4.74 Å². The molecule has 0 bridgehead atoms. The van der Waals surface area contributed by atoms with Crippen molar-refractivity contribution in [3.63, 3.8) is 0 Å². The Bertz CT molecular complexity index is 251. The first-order valence-electron chi connectivity index (χ1n) is 6.88. The van der Waals surface area contributed by atoms with Crippen molar-refractivity contribution < 1.29 is 9.53 Å². The normalized spacial score (nSPS) is 30.9. The van der Waals surface area contributed by atoms with Crippen LogP contribution in [0.3, 0.4) is 0 Å². The van der Waals surface area contributed by atoms with E-state index in [1.807, 2.05) is 0 Å². The maximum atomic E-state index is 12.0. The Labute approximate surface area is 98.7 Å². The van der Waals surface area contributed by atoms with Crippen molar-refractivity contribution in [2.75, 3.05) is 0 Å². The molecule has 0 aromatic carbocycles. The monoisotopic (exact) mass is 224 g/mol. The number of hydrogen-bond donors (Lipinski definition) is 0. The molecule has 16 heavy (non-hydrogen) atoms. The van der Waals surface area contributed by atoms with Crippen molar-refractivity contribution >= 4 is 5.78 Å². The molecule has 2 nitrogen and oxygen atoms in total. The van der Waals surface area contributed by atoms with Crippen molar-refractivity contribution in [1.29, 1.82) is 0 Å². The first-order valence-corrected chi connectivity index (χ1v) is 6.88. The van der Waals surface area contributed by atoms with Crippen LogP contribution in [0.4, 0.5) is 0 Å². The van der Waals surface area contributed by atoms with E-state index in [2.05, 4.69) is 13.8 Å². The fourth-order valence-corrected chi connectivity index (χ4v) is 3.13. The van der Waals surface area contributed by atoms with Crippen LogP contribution < -0.4 is 0 Å². The number of carbonyl (C=O) groups is 1. The number of rotatable bonds is 3. The molecular weight excluding hydrogens is 200 g/mol. The van der Waals surface area contributed by atoms with Gasteiger partial charge in [0.2, 0.25) is 0 Å². The summed E-state index contributed by atoms with van der Waals surface area (Å²) in [4.78, 5) is 12.0. The van der Waals surface area contributed by atoms with Crippen LogP contribution >= 0.6 is 0 Å². The molecular formula is C14H24O2. The van der Waals surface area contributed by atoms with E-state index < -0.39 is 0 Å². The minimum Gasteiger partial charge on any atom is -0.374 e. The minimum absolute atomic E-state index is 0.0695. The van der Waals surface area contributed by atoms with Crippen molar-refractivity contribution in [3.05, 3.63) is 0 Å². The highest BCUT2D eigenvalue weighted by Gasteiger charge is 2.55. The highest BCUT2D eigenvalue weighted by atomic mass is 16.5. The molecule has 0 radical (unpaired) electrons. The molecule has 0 heterocycles. The molecule has 0 aromatic heterocycles. The van der Waals surface area contributed by atoms with E-state index in [0.717, 1.165) is 19.3 Å². The highest BCUT2D eigenvalue weighted by Crippen LogP contribution is 2.49. The first kappa shape index (κ1) is 12.1. The lowest BCUT2D eigenvalue weighted by Gasteiger charge is -2.48. The molecule has 1 spiro atoms. The van der Waals surface area contributed by atoms with Gasteiger partial charge in [-0.1, -0.05) is 32.6 Å². The van der Waals surface area contributed by atoms with Gasteiger partial charge in [0.1, 0.15) is 5.78 Å². The lowest BCUT2D eigenvalue weighted by molar-refractivity contribution is -0.173. The molecule has 0 amide bonds. The SMILES string of the molecule is CCC(C)OC1CC(=O)C12CCCCCC2. The number of Topliss-reactive ketones (excluding diaryl/α,β-unsaturated/α-hetero) is 1. The predicted molar refractivity (Wildman–Crippen MR) is 64.4 cm³/mol. The maximum Gasteiger partial charge on any atom is 0.144 e. The molecule has 0 N–H and O–H groups in total. The highest BCUT2D eigenvalue weighted by molar-refractivity contribution is 5.92. The molecule has 2 saturated carbocycles. The second kappa shape index (κ2) is 4.87. The van der Waals surface area contributed by atoms with Crippen molar-refractivity contribution in [2.24, 2.45) is 5.41 Å². The number of ketones is 1. The van der Waals surface area contributed by atoms with Crippen LogP contribution in [0, 0.1) is 5.41 Å². The third kappa shape index (κ3) is 2.04. The van der Waals surface area contributed by atoms with Gasteiger partial charge in [0.15, 0.2) is 0 Å². The molecule has 0 aliphatic heterocycles. The summed E-state index contributed by atoms with van der Waals surface area (Å²) in [5, 5.41) is 0. The largest absolute Gasteiger partial charge is 0.374 e. The molecule has 2 aliphatic carbocycles. The van der Waals surface area contributed by atoms with E-state index >= 15 is 0 Å². The minimum atomic E-state index is -0.0695. The molecule has 2 aliphatic rings. The molecule has 0 aromatic rings. The average Bonchev–Trinajstić information content (AvgIpc) is 2.55. The van der Waals surface area contributed by atoms with Crippen LogP contribution in [0.2, 0.25) is 0 Å². The maximum absolute atomic E-state index is 12.0. The van der Waals surface area contributed by atoms with Gasteiger partial charge in [0, 0.05) is 6.42 Å². The van der Waals surface area contributed by atoms with Crippen LogP contribution in [-0.4, -0.2) is 18.0 Å². The Morgan fingerprint density at radius 1 is 1.31 bits per heavy atom. The van der Waals surface area contributed by atoms with Gasteiger partial charge in [-0.25, -0.2) is 0 Å². The van der Waals surface area contributed by atoms with Gasteiger partial charge < -0.3 is 4.74 Å². The molecule has 0 saturated heterocycles. The van der Waals surface area contributed by atoms with Crippen molar-refractivity contribution in [3.8, 4) is 0 Å². The third-order valence-electron chi connectivity index (χ3n) is 4.51. The van der Waals surface area contributed by atoms with E-state index in [0.29, 0.717) is 18.3 Å². The topological polar surface area (TPSA) is 26.3 Å². The van der Waals surface area contributed by atoms with Gasteiger partial charge in [0.05, 0.1) is 17.6 Å². The zero-order chi connectivity index (χ0) is 11.6. The third-order valence-corrected chi connectivity index (χ3v) is 4.51. The van der Waals surface area contributed by atoms with E-state index in [9.17, 15) is 4.79 Å². The summed E-state index contributed by atoms with van der Waals surface area (Å²) >= 11 is 0. The second-order valence-corrected chi connectivity index (χ2v) is 5.54. The quantitative estimate of drug-likeness (QED) is 0.733. The molecule has 92 valence electrons. The Kier molecular flexibility index (Phi) is 3.68. The Balaban J connectivity index is 2.01. The summed E-state index contributed by atoms with van der Waals surface area (Å²) in [6.07, 6.45) is 9.42. The molecule has 2 rings (SSSR count). The summed E-state index contributed by atoms with van der Waals surface area (Å²) in [5.74, 6) is 0.475. The Morgan fingerprint density at radius 3 is 2.44 bits per heavy atom. The van der Waals surface area contributed by atoms with Crippen LogP contribution in [-0.2, 0) is 9.53 Å². The summed E-state index contributed by atoms with van der Waals surface area (Å²) in [7, 11) is 0. The Morgan fingerprint density at radius 2 is 1.94 bits per heavy atom. The van der Waals surface area contributed by atoms with E-state index in [-0.39, 0.29) is 11.5 Å². The lowest BCUT2D eigenvalue weighted by atomic mass is 9.60. The van der Waals surface area contributed by atoms with Crippen molar-refractivity contribution in [2.45, 2.75) is 77.4 Å². The van der Waals surface area contributed by atoms with Gasteiger partial charge in [-0.3, -0.25) is 4.79 Å². The smallest absolute Gasteiger partial charge is 0.144 e. The number of ether oxygens (including phenoxy) is 1. The summed E-state index contributed by atoms with van der Waals surface area (Å²) < 4.78 is 6.03. The molecule has 2 heteroatoms. The average molecular weight is 224 g/mol. The molecule has 2 fully saturated rings. The molecule has 2 unspecified atom stereocenters. The van der Waals surface area contributed by atoms with E-state index in [1.165, 1.54) is 25.7 Å². The van der Waals surface area contributed by atoms with E-state index in [1.54, 1.807) is 0 Å². The summed E-state index contributed by atoms with van der Waals surface area (Å²) in [6.45, 7) is 4.26. The van der Waals surface area contributed by atoms with Gasteiger partial charge in [0.25, 0.3) is 0 Å². The number of carbonyl (C=O) groups excluding carboxylic acids is 1. The lowest BCUT2D eigenvalue weighted by Crippen LogP contribution is -2.55. The second-order valence-electron chi connectivity index (χ2n) is 5.54. The molecule has 2 atom stereocenters. The fourth-order valence-electron chi connectivity index (χ4n) is 3.13. The van der Waals surface area contributed by atoms with Crippen molar-refractivity contribution in [1.82, 2.24) is 0 Å². The van der Waals surface area contributed by atoms with Crippen LogP contribution in [0.1, 0.15) is 65.2 Å². The standard InChI is InChI=1S/C14H24O2/c1-3-11(2)16-13-10-12(15)14(13)8-6-4-5-7-9-14/h11,13H,3-10H2,1-2H3. The zero-order valence-corrected chi connectivity index (χ0v) is 10.6. The number of hydrogen-bond acceptors (Lipinski definition) is 2. The summed E-state index contributed by atoms with van der Waals surface area (Å²) in [5.41, 5.74) is -0.0695. The van der Waals surface area contributed by atoms with Gasteiger partial charge >= 0.3 is 0 Å². The van der Waals surface area contributed by atoms with Gasteiger partial charge in [-0.2, -0.15) is 0 Å². The summed E-state index contributed by atoms with van der Waals surface area (Å²) in [6, 6.07) is 0. The zero-order valence-electron chi connectivity index (χ0n) is 10.6. The van der Waals surface area contributed by atoms with Crippen LogP contribution in [0.25, 0.3) is 0 Å². The predicted octanol–water partition coefficient (Wildman–Crippen LogP) is 3.48. The van der Waals surface area contributed by atoms with Gasteiger partial charge in [-0.15, -0.1) is 0 Å². The Hall–Kier alpha value is -0.370. The van der Waals surface area contributed by atoms with Crippen LogP contribution in [0.5, 0.6) is 0 Å². The van der Waals surface area contributed by atoms with Gasteiger partial charge in [-0.05, 0) is 26.2 Å². The van der Waals surface area contributed by atoms with Crippen LogP contribution in [0.15, 0.2) is 0 Å². The fraction of sp³-hybridized carbons (Fsp3) is 0.929. The first-order chi connectivity index (χ1) is 7.69.